The van der Waals surface area contributed by atoms with Crippen LogP contribution in [0.4, 0.5) is 0 Å². The molecule has 0 saturated carbocycles. The second-order valence-corrected chi connectivity index (χ2v) is 5.05. The van der Waals surface area contributed by atoms with Crippen LogP contribution in [0.15, 0.2) is 6.07 Å². The first-order valence-electron chi connectivity index (χ1n) is 7.07. The van der Waals surface area contributed by atoms with Gasteiger partial charge in [-0.15, -0.1) is 0 Å². The quantitative estimate of drug-likeness (QED) is 0.831. The van der Waals surface area contributed by atoms with E-state index in [-0.39, 0.29) is 0 Å². The van der Waals surface area contributed by atoms with Crippen LogP contribution in [-0.4, -0.2) is 19.8 Å². The molecule has 0 N–H and O–H groups in total. The molecule has 0 unspecified atom stereocenters. The first-order valence-corrected chi connectivity index (χ1v) is 7.07. The molecule has 1 saturated heterocycles. The summed E-state index contributed by atoms with van der Waals surface area (Å²) in [6.07, 6.45) is 0.822. The van der Waals surface area contributed by atoms with Crippen LogP contribution in [0.5, 0.6) is 5.75 Å². The van der Waals surface area contributed by atoms with E-state index in [2.05, 4.69) is 33.8 Å². The first kappa shape index (κ1) is 14.4. The standard InChI is InChI=1S/C16H24O3/c1-6-16(18-8-9-19-16)15-11(3)10-14(17-7-2)12(4)13(15)5/h10H,6-9H2,1-5H3. The first-order chi connectivity index (χ1) is 9.05. The Morgan fingerprint density at radius 3 is 2.26 bits per heavy atom. The number of rotatable bonds is 4. The SMILES string of the molecule is CCOc1cc(C)c(C2(CC)OCCO2)c(C)c1C. The van der Waals surface area contributed by atoms with Gasteiger partial charge in [-0.05, 0) is 50.5 Å². The van der Waals surface area contributed by atoms with Gasteiger partial charge in [-0.3, -0.25) is 0 Å². The summed E-state index contributed by atoms with van der Waals surface area (Å²) in [5.74, 6) is 0.398. The van der Waals surface area contributed by atoms with Gasteiger partial charge >= 0.3 is 0 Å². The van der Waals surface area contributed by atoms with Crippen molar-refractivity contribution in [2.75, 3.05) is 19.8 Å². The maximum Gasteiger partial charge on any atom is 0.195 e. The summed E-state index contributed by atoms with van der Waals surface area (Å²) in [6, 6.07) is 2.10. The highest BCUT2D eigenvalue weighted by atomic mass is 16.7. The third-order valence-electron chi connectivity index (χ3n) is 3.95. The van der Waals surface area contributed by atoms with Gasteiger partial charge in [-0.2, -0.15) is 0 Å². The van der Waals surface area contributed by atoms with Crippen LogP contribution < -0.4 is 4.74 Å². The Bertz CT molecular complexity index is 460. The lowest BCUT2D eigenvalue weighted by Crippen LogP contribution is -2.28. The highest BCUT2D eigenvalue weighted by Crippen LogP contribution is 2.41. The Kier molecular flexibility index (Phi) is 4.16. The van der Waals surface area contributed by atoms with E-state index >= 15 is 0 Å². The van der Waals surface area contributed by atoms with E-state index in [1.54, 1.807) is 0 Å². The normalized spacial score (nSPS) is 17.7. The summed E-state index contributed by atoms with van der Waals surface area (Å²) >= 11 is 0. The van der Waals surface area contributed by atoms with Gasteiger partial charge in [0.25, 0.3) is 0 Å². The summed E-state index contributed by atoms with van der Waals surface area (Å²) in [4.78, 5) is 0. The van der Waals surface area contributed by atoms with Crippen LogP contribution in [0.3, 0.4) is 0 Å². The van der Waals surface area contributed by atoms with Gasteiger partial charge in [0.15, 0.2) is 5.79 Å². The predicted octanol–water partition coefficient (Wildman–Crippen LogP) is 3.62. The van der Waals surface area contributed by atoms with Crippen LogP contribution in [0.1, 0.15) is 42.5 Å². The van der Waals surface area contributed by atoms with Crippen molar-refractivity contribution in [1.29, 1.82) is 0 Å². The van der Waals surface area contributed by atoms with Gasteiger partial charge in [0, 0.05) is 12.0 Å². The molecule has 19 heavy (non-hydrogen) atoms. The number of benzene rings is 1. The Morgan fingerprint density at radius 1 is 1.11 bits per heavy atom. The average Bonchev–Trinajstić information content (AvgIpc) is 2.86. The highest BCUT2D eigenvalue weighted by molar-refractivity contribution is 5.50. The third-order valence-corrected chi connectivity index (χ3v) is 3.95. The lowest BCUT2D eigenvalue weighted by molar-refractivity contribution is -0.168. The predicted molar refractivity (Wildman–Crippen MR) is 75.7 cm³/mol. The van der Waals surface area contributed by atoms with E-state index in [1.165, 1.54) is 22.3 Å². The maximum atomic E-state index is 5.93. The van der Waals surface area contributed by atoms with Gasteiger partial charge in [0.05, 0.1) is 19.8 Å². The second kappa shape index (κ2) is 5.51. The molecule has 1 heterocycles. The number of ether oxygens (including phenoxy) is 3. The molecule has 0 aliphatic carbocycles. The maximum absolute atomic E-state index is 5.93. The monoisotopic (exact) mass is 264 g/mol. The van der Waals surface area contributed by atoms with Crippen molar-refractivity contribution in [3.8, 4) is 5.75 Å². The Morgan fingerprint density at radius 2 is 1.74 bits per heavy atom. The van der Waals surface area contributed by atoms with E-state index in [0.29, 0.717) is 19.8 Å². The molecule has 2 rings (SSSR count). The van der Waals surface area contributed by atoms with Gasteiger partial charge < -0.3 is 14.2 Å². The Labute approximate surface area is 115 Å². The van der Waals surface area contributed by atoms with E-state index in [0.717, 1.165) is 12.2 Å². The lowest BCUT2D eigenvalue weighted by atomic mass is 9.90. The van der Waals surface area contributed by atoms with Gasteiger partial charge in [-0.25, -0.2) is 0 Å². The van der Waals surface area contributed by atoms with Crippen molar-refractivity contribution >= 4 is 0 Å². The van der Waals surface area contributed by atoms with E-state index in [9.17, 15) is 0 Å². The summed E-state index contributed by atoms with van der Waals surface area (Å²) in [5, 5.41) is 0. The van der Waals surface area contributed by atoms with Crippen LogP contribution in [0.25, 0.3) is 0 Å². The van der Waals surface area contributed by atoms with Crippen LogP contribution >= 0.6 is 0 Å². The molecule has 1 aromatic rings. The number of aryl methyl sites for hydroxylation is 1. The molecule has 1 aromatic carbocycles. The van der Waals surface area contributed by atoms with Gasteiger partial charge in [-0.1, -0.05) is 6.92 Å². The van der Waals surface area contributed by atoms with Crippen molar-refractivity contribution in [2.45, 2.75) is 46.8 Å². The molecule has 3 heteroatoms. The molecule has 106 valence electrons. The molecule has 1 aliphatic rings. The van der Waals surface area contributed by atoms with Crippen LogP contribution in [-0.2, 0) is 15.3 Å². The van der Waals surface area contributed by atoms with Gasteiger partial charge in [0.2, 0.25) is 0 Å². The zero-order chi connectivity index (χ0) is 14.0. The zero-order valence-corrected chi connectivity index (χ0v) is 12.6. The van der Waals surface area contributed by atoms with Gasteiger partial charge in [0.1, 0.15) is 5.75 Å². The molecular formula is C16H24O3. The topological polar surface area (TPSA) is 27.7 Å². The molecule has 0 spiro atoms. The fourth-order valence-corrected chi connectivity index (χ4v) is 2.92. The minimum atomic E-state index is -0.566. The molecule has 0 amide bonds. The molecule has 0 radical (unpaired) electrons. The largest absolute Gasteiger partial charge is 0.494 e. The number of hydrogen-bond acceptors (Lipinski definition) is 3. The van der Waals surface area contributed by atoms with Crippen molar-refractivity contribution in [1.82, 2.24) is 0 Å². The van der Waals surface area contributed by atoms with Crippen LogP contribution in [0.2, 0.25) is 0 Å². The minimum Gasteiger partial charge on any atom is -0.494 e. The summed E-state index contributed by atoms with van der Waals surface area (Å²) in [5.41, 5.74) is 4.74. The van der Waals surface area contributed by atoms with E-state index in [4.69, 9.17) is 14.2 Å². The average molecular weight is 264 g/mol. The molecule has 0 bridgehead atoms. The third kappa shape index (κ3) is 2.37. The zero-order valence-electron chi connectivity index (χ0n) is 12.6. The van der Waals surface area contributed by atoms with Crippen molar-refractivity contribution in [3.63, 3.8) is 0 Å². The summed E-state index contributed by atoms with van der Waals surface area (Å²) in [7, 11) is 0. The van der Waals surface area contributed by atoms with E-state index < -0.39 is 5.79 Å². The molecule has 1 aliphatic heterocycles. The molecular weight excluding hydrogens is 240 g/mol. The Hall–Kier alpha value is -1.06. The van der Waals surface area contributed by atoms with Crippen molar-refractivity contribution in [3.05, 3.63) is 28.3 Å². The number of hydrogen-bond donors (Lipinski definition) is 0. The summed E-state index contributed by atoms with van der Waals surface area (Å²) in [6.45, 7) is 12.5. The lowest BCUT2D eigenvalue weighted by Gasteiger charge is -2.31. The van der Waals surface area contributed by atoms with Crippen molar-refractivity contribution in [2.24, 2.45) is 0 Å². The Balaban J connectivity index is 2.55. The molecule has 1 fully saturated rings. The van der Waals surface area contributed by atoms with Crippen molar-refractivity contribution < 1.29 is 14.2 Å². The fraction of sp³-hybridized carbons (Fsp3) is 0.625. The fourth-order valence-electron chi connectivity index (χ4n) is 2.92. The van der Waals surface area contributed by atoms with E-state index in [1.807, 2.05) is 6.92 Å². The minimum absolute atomic E-state index is 0.566. The second-order valence-electron chi connectivity index (χ2n) is 5.05. The van der Waals surface area contributed by atoms with Crippen LogP contribution in [0, 0.1) is 20.8 Å². The summed E-state index contributed by atoms with van der Waals surface area (Å²) < 4.78 is 17.6. The molecule has 0 aromatic heterocycles. The smallest absolute Gasteiger partial charge is 0.195 e. The molecule has 3 nitrogen and oxygen atoms in total. The molecule has 0 atom stereocenters. The highest BCUT2D eigenvalue weighted by Gasteiger charge is 2.39.